The van der Waals surface area contributed by atoms with E-state index < -0.39 is 0 Å². The second kappa shape index (κ2) is 6.90. The van der Waals surface area contributed by atoms with Crippen LogP contribution in [0.25, 0.3) is 0 Å². The van der Waals surface area contributed by atoms with E-state index in [0.29, 0.717) is 6.04 Å². The van der Waals surface area contributed by atoms with Crippen molar-refractivity contribution in [2.24, 2.45) is 0 Å². The Labute approximate surface area is 127 Å². The lowest BCUT2D eigenvalue weighted by atomic mass is 10.1. The standard InChI is InChI=1S/C18H25N3/c1-15-6-2-3-7-16(15)10-12-19-14-17-11-13-21(20-17)18-8-4-5-9-18/h2-3,6-7,11,13,18-19H,4-5,8-10,12,14H2,1H3. The Balaban J connectivity index is 1.44. The molecule has 0 bridgehead atoms. The van der Waals surface area contributed by atoms with Crippen molar-refractivity contribution in [3.8, 4) is 0 Å². The lowest BCUT2D eigenvalue weighted by Crippen LogP contribution is -2.17. The summed E-state index contributed by atoms with van der Waals surface area (Å²) >= 11 is 0. The van der Waals surface area contributed by atoms with Crippen LogP contribution in [0.4, 0.5) is 0 Å². The molecule has 112 valence electrons. The van der Waals surface area contributed by atoms with Crippen molar-refractivity contribution in [1.82, 2.24) is 15.1 Å². The Morgan fingerprint density at radius 3 is 2.81 bits per heavy atom. The first kappa shape index (κ1) is 14.3. The van der Waals surface area contributed by atoms with Crippen LogP contribution in [0.1, 0.15) is 48.5 Å². The summed E-state index contributed by atoms with van der Waals surface area (Å²) in [6.07, 6.45) is 8.52. The van der Waals surface area contributed by atoms with Gasteiger partial charge < -0.3 is 5.32 Å². The van der Waals surface area contributed by atoms with Gasteiger partial charge in [0.15, 0.2) is 0 Å². The third kappa shape index (κ3) is 3.73. The zero-order chi connectivity index (χ0) is 14.5. The van der Waals surface area contributed by atoms with Gasteiger partial charge in [0.1, 0.15) is 0 Å². The van der Waals surface area contributed by atoms with Crippen LogP contribution >= 0.6 is 0 Å². The minimum Gasteiger partial charge on any atom is -0.311 e. The number of nitrogens with one attached hydrogen (secondary N) is 1. The van der Waals surface area contributed by atoms with Crippen LogP contribution < -0.4 is 5.32 Å². The van der Waals surface area contributed by atoms with E-state index in [9.17, 15) is 0 Å². The largest absolute Gasteiger partial charge is 0.311 e. The van der Waals surface area contributed by atoms with Crippen molar-refractivity contribution in [2.45, 2.75) is 51.6 Å². The van der Waals surface area contributed by atoms with Crippen molar-refractivity contribution in [2.75, 3.05) is 6.54 Å². The molecule has 3 rings (SSSR count). The van der Waals surface area contributed by atoms with E-state index in [4.69, 9.17) is 5.10 Å². The summed E-state index contributed by atoms with van der Waals surface area (Å²) in [4.78, 5) is 0. The van der Waals surface area contributed by atoms with Gasteiger partial charge in [0, 0.05) is 12.7 Å². The Kier molecular flexibility index (Phi) is 4.71. The lowest BCUT2D eigenvalue weighted by molar-refractivity contribution is 0.461. The predicted octanol–water partition coefficient (Wildman–Crippen LogP) is 3.64. The third-order valence-corrected chi connectivity index (χ3v) is 4.50. The minimum absolute atomic E-state index is 0.644. The van der Waals surface area contributed by atoms with Gasteiger partial charge in [0.2, 0.25) is 0 Å². The van der Waals surface area contributed by atoms with Gasteiger partial charge in [-0.25, -0.2) is 0 Å². The first-order chi connectivity index (χ1) is 10.3. The van der Waals surface area contributed by atoms with Crippen LogP contribution in [-0.4, -0.2) is 16.3 Å². The van der Waals surface area contributed by atoms with Crippen LogP contribution in [0, 0.1) is 6.92 Å². The van der Waals surface area contributed by atoms with Gasteiger partial charge >= 0.3 is 0 Å². The molecule has 1 aromatic carbocycles. The second-order valence-electron chi connectivity index (χ2n) is 6.08. The fourth-order valence-electron chi connectivity index (χ4n) is 3.17. The van der Waals surface area contributed by atoms with Crippen molar-refractivity contribution >= 4 is 0 Å². The maximum Gasteiger partial charge on any atom is 0.0762 e. The Morgan fingerprint density at radius 1 is 1.19 bits per heavy atom. The molecule has 0 amide bonds. The Morgan fingerprint density at radius 2 is 2.00 bits per heavy atom. The van der Waals surface area contributed by atoms with E-state index in [0.717, 1.165) is 25.2 Å². The summed E-state index contributed by atoms with van der Waals surface area (Å²) in [5.74, 6) is 0. The van der Waals surface area contributed by atoms with E-state index in [1.807, 2.05) is 0 Å². The highest BCUT2D eigenvalue weighted by atomic mass is 15.3. The van der Waals surface area contributed by atoms with E-state index in [2.05, 4.69) is 53.5 Å². The number of benzene rings is 1. The summed E-state index contributed by atoms with van der Waals surface area (Å²) in [7, 11) is 0. The van der Waals surface area contributed by atoms with Gasteiger partial charge in [-0.3, -0.25) is 4.68 Å². The average molecular weight is 283 g/mol. The molecule has 1 N–H and O–H groups in total. The zero-order valence-electron chi connectivity index (χ0n) is 12.9. The molecule has 0 saturated heterocycles. The number of aryl methyl sites for hydroxylation is 1. The molecule has 1 saturated carbocycles. The maximum absolute atomic E-state index is 4.71. The number of aromatic nitrogens is 2. The molecular formula is C18H25N3. The SMILES string of the molecule is Cc1ccccc1CCNCc1ccn(C2CCCC2)n1. The van der Waals surface area contributed by atoms with E-state index in [1.54, 1.807) is 0 Å². The molecule has 21 heavy (non-hydrogen) atoms. The quantitative estimate of drug-likeness (QED) is 0.820. The topological polar surface area (TPSA) is 29.9 Å². The van der Waals surface area contributed by atoms with Gasteiger partial charge in [-0.2, -0.15) is 5.10 Å². The third-order valence-electron chi connectivity index (χ3n) is 4.50. The number of hydrogen-bond acceptors (Lipinski definition) is 2. The smallest absolute Gasteiger partial charge is 0.0762 e. The molecule has 2 aromatic rings. The summed E-state index contributed by atoms with van der Waals surface area (Å²) in [5.41, 5.74) is 3.97. The lowest BCUT2D eigenvalue weighted by Gasteiger charge is -2.09. The molecule has 0 atom stereocenters. The Bertz CT molecular complexity index is 567. The highest BCUT2D eigenvalue weighted by Gasteiger charge is 2.17. The molecule has 1 fully saturated rings. The fourth-order valence-corrected chi connectivity index (χ4v) is 3.17. The van der Waals surface area contributed by atoms with Gasteiger partial charge in [0.25, 0.3) is 0 Å². The van der Waals surface area contributed by atoms with Crippen LogP contribution in [0.5, 0.6) is 0 Å². The first-order valence-electron chi connectivity index (χ1n) is 8.12. The van der Waals surface area contributed by atoms with Gasteiger partial charge in [-0.15, -0.1) is 0 Å². The number of rotatable bonds is 6. The van der Waals surface area contributed by atoms with E-state index in [1.165, 1.54) is 36.8 Å². The molecule has 1 aromatic heterocycles. The highest BCUT2D eigenvalue weighted by Crippen LogP contribution is 2.28. The van der Waals surface area contributed by atoms with Crippen molar-refractivity contribution in [1.29, 1.82) is 0 Å². The minimum atomic E-state index is 0.644. The normalized spacial score (nSPS) is 15.7. The van der Waals surface area contributed by atoms with Crippen LogP contribution in [0.15, 0.2) is 36.5 Å². The second-order valence-corrected chi connectivity index (χ2v) is 6.08. The molecular weight excluding hydrogens is 258 g/mol. The molecule has 0 aliphatic heterocycles. The van der Waals surface area contributed by atoms with Crippen molar-refractivity contribution < 1.29 is 0 Å². The van der Waals surface area contributed by atoms with E-state index in [-0.39, 0.29) is 0 Å². The monoisotopic (exact) mass is 283 g/mol. The van der Waals surface area contributed by atoms with Crippen LogP contribution in [0.2, 0.25) is 0 Å². The summed E-state index contributed by atoms with van der Waals surface area (Å²) in [6.45, 7) is 4.05. The molecule has 3 heteroatoms. The molecule has 0 unspecified atom stereocenters. The fraction of sp³-hybridized carbons (Fsp3) is 0.500. The number of nitrogens with zero attached hydrogens (tertiary/aromatic N) is 2. The van der Waals surface area contributed by atoms with Crippen molar-refractivity contribution in [3.63, 3.8) is 0 Å². The molecule has 1 heterocycles. The zero-order valence-corrected chi connectivity index (χ0v) is 12.9. The molecule has 3 nitrogen and oxygen atoms in total. The molecule has 0 spiro atoms. The molecule has 1 aliphatic carbocycles. The summed E-state index contributed by atoms with van der Waals surface area (Å²) in [6, 6.07) is 11.4. The van der Waals surface area contributed by atoms with Crippen molar-refractivity contribution in [3.05, 3.63) is 53.3 Å². The van der Waals surface area contributed by atoms with Crippen LogP contribution in [0.3, 0.4) is 0 Å². The van der Waals surface area contributed by atoms with Gasteiger partial charge in [-0.05, 0) is 49.9 Å². The van der Waals surface area contributed by atoms with Gasteiger partial charge in [0.05, 0.1) is 11.7 Å². The maximum atomic E-state index is 4.71. The number of hydrogen-bond donors (Lipinski definition) is 1. The van der Waals surface area contributed by atoms with Gasteiger partial charge in [-0.1, -0.05) is 37.1 Å². The molecule has 1 aliphatic rings. The first-order valence-corrected chi connectivity index (χ1v) is 8.12. The highest BCUT2D eigenvalue weighted by molar-refractivity contribution is 5.25. The summed E-state index contributed by atoms with van der Waals surface area (Å²) < 4.78 is 2.17. The predicted molar refractivity (Wildman–Crippen MR) is 86.3 cm³/mol. The van der Waals surface area contributed by atoms with Crippen LogP contribution in [-0.2, 0) is 13.0 Å². The van der Waals surface area contributed by atoms with E-state index >= 15 is 0 Å². The average Bonchev–Trinajstić information content (AvgIpc) is 3.16. The molecule has 0 radical (unpaired) electrons. The Hall–Kier alpha value is -1.61. The summed E-state index contributed by atoms with van der Waals surface area (Å²) in [5, 5.41) is 8.21.